The van der Waals surface area contributed by atoms with Crippen LogP contribution >= 0.6 is 0 Å². The summed E-state index contributed by atoms with van der Waals surface area (Å²) in [5, 5.41) is 5.69. The molecule has 4 heteroatoms. The van der Waals surface area contributed by atoms with E-state index in [1.807, 2.05) is 0 Å². The fraction of sp³-hybridized carbons (Fsp3) is 0.833. The van der Waals surface area contributed by atoms with Crippen molar-refractivity contribution in [2.24, 2.45) is 5.92 Å². The first-order chi connectivity index (χ1) is 7.59. The summed E-state index contributed by atoms with van der Waals surface area (Å²) in [6.45, 7) is 4.14. The summed E-state index contributed by atoms with van der Waals surface area (Å²) < 4.78 is 0. The van der Waals surface area contributed by atoms with Crippen LogP contribution < -0.4 is 10.6 Å². The average molecular weight is 226 g/mol. The van der Waals surface area contributed by atoms with E-state index in [2.05, 4.69) is 17.6 Å². The van der Waals surface area contributed by atoms with Crippen molar-refractivity contribution in [1.29, 1.82) is 0 Å². The first-order valence-corrected chi connectivity index (χ1v) is 6.13. The van der Waals surface area contributed by atoms with Gasteiger partial charge in [0, 0.05) is 19.0 Å². The second kappa shape index (κ2) is 6.51. The third kappa shape index (κ3) is 4.64. The number of urea groups is 1. The van der Waals surface area contributed by atoms with Crippen molar-refractivity contribution < 1.29 is 9.59 Å². The van der Waals surface area contributed by atoms with Crippen LogP contribution in [0.3, 0.4) is 0 Å². The first-order valence-electron chi connectivity index (χ1n) is 6.13. The van der Waals surface area contributed by atoms with E-state index in [0.29, 0.717) is 24.9 Å². The number of Topliss-reactive ketones (excluding diaryl/α,β-unsaturated/α-hetero) is 1. The predicted octanol–water partition coefficient (Wildman–Crippen LogP) is 1.84. The molecular weight excluding hydrogens is 204 g/mol. The van der Waals surface area contributed by atoms with Gasteiger partial charge in [-0.05, 0) is 25.7 Å². The van der Waals surface area contributed by atoms with Crippen LogP contribution in [0.25, 0.3) is 0 Å². The summed E-state index contributed by atoms with van der Waals surface area (Å²) in [7, 11) is 0. The largest absolute Gasteiger partial charge is 0.338 e. The van der Waals surface area contributed by atoms with Gasteiger partial charge >= 0.3 is 6.03 Å². The SMILES string of the molecule is CC(=O)CCNC(=O)NC1CCCCC1C. The van der Waals surface area contributed by atoms with E-state index in [1.54, 1.807) is 0 Å². The van der Waals surface area contributed by atoms with Gasteiger partial charge in [-0.25, -0.2) is 4.79 Å². The highest BCUT2D eigenvalue weighted by atomic mass is 16.2. The third-order valence-corrected chi connectivity index (χ3v) is 3.19. The highest BCUT2D eigenvalue weighted by molar-refractivity contribution is 5.78. The van der Waals surface area contributed by atoms with Gasteiger partial charge in [0.1, 0.15) is 5.78 Å². The van der Waals surface area contributed by atoms with E-state index in [9.17, 15) is 9.59 Å². The minimum atomic E-state index is -0.139. The summed E-state index contributed by atoms with van der Waals surface area (Å²) in [6, 6.07) is 0.158. The Morgan fingerprint density at radius 1 is 1.25 bits per heavy atom. The molecule has 1 aliphatic rings. The van der Waals surface area contributed by atoms with Crippen molar-refractivity contribution in [2.45, 2.75) is 52.0 Å². The maximum Gasteiger partial charge on any atom is 0.315 e. The van der Waals surface area contributed by atoms with Gasteiger partial charge in [-0.2, -0.15) is 0 Å². The number of hydrogen-bond donors (Lipinski definition) is 2. The van der Waals surface area contributed by atoms with E-state index in [1.165, 1.54) is 26.2 Å². The minimum Gasteiger partial charge on any atom is -0.338 e. The summed E-state index contributed by atoms with van der Waals surface area (Å²) in [5.74, 6) is 0.665. The zero-order valence-corrected chi connectivity index (χ0v) is 10.2. The molecule has 2 unspecified atom stereocenters. The molecule has 2 amide bonds. The molecule has 0 aromatic carbocycles. The topological polar surface area (TPSA) is 58.2 Å². The molecule has 2 atom stereocenters. The Kier molecular flexibility index (Phi) is 5.29. The van der Waals surface area contributed by atoms with E-state index in [-0.39, 0.29) is 11.8 Å². The summed E-state index contributed by atoms with van der Waals surface area (Å²) >= 11 is 0. The lowest BCUT2D eigenvalue weighted by molar-refractivity contribution is -0.116. The molecular formula is C12H22N2O2. The van der Waals surface area contributed by atoms with Crippen molar-refractivity contribution in [3.8, 4) is 0 Å². The molecule has 2 N–H and O–H groups in total. The number of rotatable bonds is 4. The van der Waals surface area contributed by atoms with Crippen LogP contribution in [0, 0.1) is 5.92 Å². The molecule has 1 saturated carbocycles. The van der Waals surface area contributed by atoms with E-state index >= 15 is 0 Å². The molecule has 4 nitrogen and oxygen atoms in total. The van der Waals surface area contributed by atoms with Crippen LogP contribution in [0.1, 0.15) is 46.0 Å². The van der Waals surface area contributed by atoms with Crippen molar-refractivity contribution in [2.75, 3.05) is 6.54 Å². The Bertz CT molecular complexity index is 253. The lowest BCUT2D eigenvalue weighted by Gasteiger charge is -2.29. The van der Waals surface area contributed by atoms with Crippen molar-refractivity contribution >= 4 is 11.8 Å². The monoisotopic (exact) mass is 226 g/mol. The Labute approximate surface area is 97.2 Å². The van der Waals surface area contributed by atoms with Gasteiger partial charge in [0.2, 0.25) is 0 Å². The van der Waals surface area contributed by atoms with Crippen molar-refractivity contribution in [3.63, 3.8) is 0 Å². The molecule has 92 valence electrons. The predicted molar refractivity (Wildman–Crippen MR) is 63.3 cm³/mol. The molecule has 1 rings (SSSR count). The summed E-state index contributed by atoms with van der Waals surface area (Å²) in [5.41, 5.74) is 0. The van der Waals surface area contributed by atoms with E-state index in [0.717, 1.165) is 6.42 Å². The maximum atomic E-state index is 11.5. The fourth-order valence-electron chi connectivity index (χ4n) is 2.10. The lowest BCUT2D eigenvalue weighted by Crippen LogP contribution is -2.46. The van der Waals surface area contributed by atoms with Gasteiger partial charge in [-0.3, -0.25) is 4.79 Å². The molecule has 0 aliphatic heterocycles. The van der Waals surface area contributed by atoms with Gasteiger partial charge in [0.25, 0.3) is 0 Å². The van der Waals surface area contributed by atoms with Crippen LogP contribution in [-0.2, 0) is 4.79 Å². The quantitative estimate of drug-likeness (QED) is 0.768. The van der Waals surface area contributed by atoms with Crippen LogP contribution in [0.2, 0.25) is 0 Å². The maximum absolute atomic E-state index is 11.5. The van der Waals surface area contributed by atoms with E-state index < -0.39 is 0 Å². The number of nitrogens with one attached hydrogen (secondary N) is 2. The Hall–Kier alpha value is -1.06. The normalized spacial score (nSPS) is 24.9. The molecule has 1 fully saturated rings. The highest BCUT2D eigenvalue weighted by Gasteiger charge is 2.22. The average Bonchev–Trinajstić information content (AvgIpc) is 2.21. The molecule has 16 heavy (non-hydrogen) atoms. The molecule has 0 bridgehead atoms. The molecule has 0 spiro atoms. The van der Waals surface area contributed by atoms with Crippen molar-refractivity contribution in [3.05, 3.63) is 0 Å². The smallest absolute Gasteiger partial charge is 0.315 e. The molecule has 0 saturated heterocycles. The fourth-order valence-corrected chi connectivity index (χ4v) is 2.10. The number of amides is 2. The third-order valence-electron chi connectivity index (χ3n) is 3.19. The standard InChI is InChI=1S/C12H22N2O2/c1-9-5-3-4-6-11(9)14-12(16)13-8-7-10(2)15/h9,11H,3-8H2,1-2H3,(H2,13,14,16). The van der Waals surface area contributed by atoms with Crippen LogP contribution in [0.5, 0.6) is 0 Å². The number of ketones is 1. The van der Waals surface area contributed by atoms with Crippen molar-refractivity contribution in [1.82, 2.24) is 10.6 Å². The van der Waals surface area contributed by atoms with Crippen LogP contribution in [-0.4, -0.2) is 24.4 Å². The Balaban J connectivity index is 2.19. The molecule has 0 aromatic heterocycles. The van der Waals surface area contributed by atoms with Gasteiger partial charge < -0.3 is 10.6 Å². The molecule has 1 aliphatic carbocycles. The zero-order valence-electron chi connectivity index (χ0n) is 10.2. The van der Waals surface area contributed by atoms with E-state index in [4.69, 9.17) is 0 Å². The van der Waals surface area contributed by atoms with Gasteiger partial charge in [-0.1, -0.05) is 19.8 Å². The lowest BCUT2D eigenvalue weighted by atomic mass is 9.86. The van der Waals surface area contributed by atoms with Crippen LogP contribution in [0.4, 0.5) is 4.79 Å². The minimum absolute atomic E-state index is 0.103. The molecule has 0 heterocycles. The second-order valence-corrected chi connectivity index (χ2v) is 4.72. The summed E-state index contributed by atoms with van der Waals surface area (Å²) in [6.07, 6.45) is 5.14. The molecule has 0 aromatic rings. The summed E-state index contributed by atoms with van der Waals surface area (Å²) in [4.78, 5) is 22.2. The van der Waals surface area contributed by atoms with Gasteiger partial charge in [0.15, 0.2) is 0 Å². The second-order valence-electron chi connectivity index (χ2n) is 4.72. The van der Waals surface area contributed by atoms with Gasteiger partial charge in [-0.15, -0.1) is 0 Å². The first kappa shape index (κ1) is 13.0. The highest BCUT2D eigenvalue weighted by Crippen LogP contribution is 2.23. The Morgan fingerprint density at radius 3 is 2.56 bits per heavy atom. The number of carbonyl (C=O) groups excluding carboxylic acids is 2. The van der Waals surface area contributed by atoms with Gasteiger partial charge in [0.05, 0.1) is 0 Å². The zero-order chi connectivity index (χ0) is 12.0. The molecule has 0 radical (unpaired) electrons. The Morgan fingerprint density at radius 2 is 1.94 bits per heavy atom. The number of hydrogen-bond acceptors (Lipinski definition) is 2. The number of carbonyl (C=O) groups is 2. The van der Waals surface area contributed by atoms with Crippen LogP contribution in [0.15, 0.2) is 0 Å².